The number of hydrogen-bond acceptors (Lipinski definition) is 4. The molecule has 0 aliphatic rings. The number of benzene rings is 1. The number of anilines is 1. The highest BCUT2D eigenvalue weighted by Gasteiger charge is 2.12. The number of carbonyl (C=O) groups is 2. The van der Waals surface area contributed by atoms with E-state index >= 15 is 0 Å². The molecule has 0 saturated heterocycles. The molecule has 1 heterocycles. The Labute approximate surface area is 115 Å². The highest BCUT2D eigenvalue weighted by molar-refractivity contribution is 6.01. The van der Waals surface area contributed by atoms with Gasteiger partial charge in [0.1, 0.15) is 5.82 Å². The Bertz CT molecular complexity index is 619. The van der Waals surface area contributed by atoms with E-state index in [1.54, 1.807) is 24.3 Å². The molecule has 1 aromatic carbocycles. The lowest BCUT2D eigenvalue weighted by molar-refractivity contribution is -0.136. The largest absolute Gasteiger partial charge is 0.481 e. The van der Waals surface area contributed by atoms with Crippen molar-refractivity contribution in [2.75, 3.05) is 5.32 Å². The number of H-pyrrole nitrogens is 1. The molecule has 0 unspecified atom stereocenters. The number of aliphatic carboxylic acids is 1. The summed E-state index contributed by atoms with van der Waals surface area (Å²) >= 11 is 0. The van der Waals surface area contributed by atoms with Crippen molar-refractivity contribution in [3.05, 3.63) is 41.5 Å². The lowest BCUT2D eigenvalue weighted by Gasteiger charge is -2.03. The highest BCUT2D eigenvalue weighted by Crippen LogP contribution is 2.11. The molecule has 0 saturated carbocycles. The third kappa shape index (κ3) is 3.41. The zero-order valence-electron chi connectivity index (χ0n) is 10.9. The van der Waals surface area contributed by atoms with Crippen molar-refractivity contribution < 1.29 is 14.7 Å². The van der Waals surface area contributed by atoms with Gasteiger partial charge < -0.3 is 10.4 Å². The van der Waals surface area contributed by atoms with Gasteiger partial charge in [-0.3, -0.25) is 14.7 Å². The number of aryl methyl sites for hydroxylation is 1. The second-order valence-corrected chi connectivity index (χ2v) is 4.18. The summed E-state index contributed by atoms with van der Waals surface area (Å²) < 4.78 is 0. The van der Waals surface area contributed by atoms with E-state index in [0.717, 1.165) is 0 Å². The standard InChI is InChI=1S/C13H14N4O3/c1-2-10-15-12(17-16-10)13(20)14-9-5-3-8(4-6-9)7-11(18)19/h3-6H,2,7H2,1H3,(H,14,20)(H,18,19)(H,15,16,17). The van der Waals surface area contributed by atoms with E-state index in [9.17, 15) is 9.59 Å². The van der Waals surface area contributed by atoms with Crippen LogP contribution in [0.25, 0.3) is 0 Å². The summed E-state index contributed by atoms with van der Waals surface area (Å²) in [6.45, 7) is 1.91. The summed E-state index contributed by atoms with van der Waals surface area (Å²) in [7, 11) is 0. The van der Waals surface area contributed by atoms with Crippen LogP contribution in [0.2, 0.25) is 0 Å². The quantitative estimate of drug-likeness (QED) is 0.760. The number of amides is 1. The fourth-order valence-electron chi connectivity index (χ4n) is 1.62. The predicted molar refractivity (Wildman–Crippen MR) is 71.5 cm³/mol. The van der Waals surface area contributed by atoms with E-state index in [0.29, 0.717) is 23.5 Å². The van der Waals surface area contributed by atoms with Crippen LogP contribution in [0.1, 0.15) is 28.9 Å². The number of aromatic amines is 1. The number of nitrogens with one attached hydrogen (secondary N) is 2. The average molecular weight is 274 g/mol. The van der Waals surface area contributed by atoms with E-state index in [1.807, 2.05) is 6.92 Å². The second-order valence-electron chi connectivity index (χ2n) is 4.18. The van der Waals surface area contributed by atoms with Gasteiger partial charge in [-0.2, -0.15) is 0 Å². The Morgan fingerprint density at radius 1 is 1.30 bits per heavy atom. The van der Waals surface area contributed by atoms with E-state index < -0.39 is 11.9 Å². The van der Waals surface area contributed by atoms with Gasteiger partial charge in [0.05, 0.1) is 6.42 Å². The van der Waals surface area contributed by atoms with Gasteiger partial charge in [0.15, 0.2) is 0 Å². The maximum atomic E-state index is 11.9. The predicted octanol–water partition coefficient (Wildman–Crippen LogP) is 1.25. The van der Waals surface area contributed by atoms with Gasteiger partial charge in [0.2, 0.25) is 5.82 Å². The normalized spacial score (nSPS) is 10.2. The average Bonchev–Trinajstić information content (AvgIpc) is 2.89. The van der Waals surface area contributed by atoms with Crippen LogP contribution in [0.4, 0.5) is 5.69 Å². The van der Waals surface area contributed by atoms with Crippen LogP contribution < -0.4 is 5.32 Å². The first-order chi connectivity index (χ1) is 9.58. The SMILES string of the molecule is CCc1nc(C(=O)Nc2ccc(CC(=O)O)cc2)n[nH]1. The molecule has 7 nitrogen and oxygen atoms in total. The van der Waals surface area contributed by atoms with E-state index in [2.05, 4.69) is 20.5 Å². The number of hydrogen-bond donors (Lipinski definition) is 3. The molecule has 0 radical (unpaired) electrons. The van der Waals surface area contributed by atoms with Gasteiger partial charge >= 0.3 is 5.97 Å². The van der Waals surface area contributed by atoms with E-state index in [4.69, 9.17) is 5.11 Å². The molecule has 2 aromatic rings. The van der Waals surface area contributed by atoms with Crippen molar-refractivity contribution in [1.82, 2.24) is 15.2 Å². The molecule has 1 aromatic heterocycles. The topological polar surface area (TPSA) is 108 Å². The zero-order chi connectivity index (χ0) is 14.5. The molecule has 3 N–H and O–H groups in total. The fraction of sp³-hybridized carbons (Fsp3) is 0.231. The molecule has 0 fully saturated rings. The van der Waals surface area contributed by atoms with Crippen LogP contribution in [0.3, 0.4) is 0 Å². The van der Waals surface area contributed by atoms with Gasteiger partial charge in [0.25, 0.3) is 5.91 Å². The maximum absolute atomic E-state index is 11.9. The Morgan fingerprint density at radius 2 is 2.00 bits per heavy atom. The molecule has 20 heavy (non-hydrogen) atoms. The first-order valence-electron chi connectivity index (χ1n) is 6.12. The molecule has 0 aliphatic carbocycles. The minimum Gasteiger partial charge on any atom is -0.481 e. The summed E-state index contributed by atoms with van der Waals surface area (Å²) in [5, 5.41) is 17.8. The van der Waals surface area contributed by atoms with Crippen molar-refractivity contribution in [1.29, 1.82) is 0 Å². The molecule has 0 atom stereocenters. The smallest absolute Gasteiger partial charge is 0.307 e. The van der Waals surface area contributed by atoms with Gasteiger partial charge in [0, 0.05) is 12.1 Å². The summed E-state index contributed by atoms with van der Waals surface area (Å²) in [6, 6.07) is 6.59. The summed E-state index contributed by atoms with van der Waals surface area (Å²) in [5.74, 6) is -0.579. The molecule has 0 bridgehead atoms. The first-order valence-corrected chi connectivity index (χ1v) is 6.12. The van der Waals surface area contributed by atoms with Crippen molar-refractivity contribution >= 4 is 17.6 Å². The number of carboxylic acid groups (broad SMARTS) is 1. The third-order valence-electron chi connectivity index (χ3n) is 2.64. The Kier molecular flexibility index (Phi) is 4.09. The van der Waals surface area contributed by atoms with Crippen LogP contribution in [-0.4, -0.2) is 32.2 Å². The van der Waals surface area contributed by atoms with E-state index in [-0.39, 0.29) is 12.2 Å². The lowest BCUT2D eigenvalue weighted by Crippen LogP contribution is -2.13. The second kappa shape index (κ2) is 5.96. The number of nitrogens with zero attached hydrogens (tertiary/aromatic N) is 2. The van der Waals surface area contributed by atoms with Gasteiger partial charge in [-0.1, -0.05) is 19.1 Å². The minimum absolute atomic E-state index is 0.0466. The van der Waals surface area contributed by atoms with Gasteiger partial charge in [-0.05, 0) is 17.7 Å². The first kappa shape index (κ1) is 13.7. The van der Waals surface area contributed by atoms with Crippen molar-refractivity contribution in [3.63, 3.8) is 0 Å². The van der Waals surface area contributed by atoms with Crippen molar-refractivity contribution in [2.45, 2.75) is 19.8 Å². The van der Waals surface area contributed by atoms with Crippen molar-refractivity contribution in [3.8, 4) is 0 Å². The monoisotopic (exact) mass is 274 g/mol. The van der Waals surface area contributed by atoms with Gasteiger partial charge in [-0.25, -0.2) is 4.98 Å². The minimum atomic E-state index is -0.894. The molecular formula is C13H14N4O3. The number of carbonyl (C=O) groups excluding carboxylic acids is 1. The zero-order valence-corrected chi connectivity index (χ0v) is 10.9. The summed E-state index contributed by atoms with van der Waals surface area (Å²) in [6.07, 6.45) is 0.624. The van der Waals surface area contributed by atoms with Crippen LogP contribution in [0.15, 0.2) is 24.3 Å². The van der Waals surface area contributed by atoms with Gasteiger partial charge in [-0.15, -0.1) is 5.10 Å². The maximum Gasteiger partial charge on any atom is 0.307 e. The highest BCUT2D eigenvalue weighted by atomic mass is 16.4. The fourth-order valence-corrected chi connectivity index (χ4v) is 1.62. The molecule has 0 spiro atoms. The molecule has 2 rings (SSSR count). The summed E-state index contributed by atoms with van der Waals surface area (Å²) in [5.41, 5.74) is 1.23. The van der Waals surface area contributed by atoms with Crippen LogP contribution in [0.5, 0.6) is 0 Å². The molecular weight excluding hydrogens is 260 g/mol. The van der Waals surface area contributed by atoms with Crippen LogP contribution in [0, 0.1) is 0 Å². The lowest BCUT2D eigenvalue weighted by atomic mass is 10.1. The third-order valence-corrected chi connectivity index (χ3v) is 2.64. The Hall–Kier alpha value is -2.70. The van der Waals surface area contributed by atoms with Crippen LogP contribution >= 0.6 is 0 Å². The van der Waals surface area contributed by atoms with Crippen molar-refractivity contribution in [2.24, 2.45) is 0 Å². The number of carboxylic acids is 1. The van der Waals surface area contributed by atoms with Crippen LogP contribution in [-0.2, 0) is 17.6 Å². The Balaban J connectivity index is 2.02. The molecule has 1 amide bonds. The Morgan fingerprint density at radius 3 is 2.55 bits per heavy atom. The number of rotatable bonds is 5. The summed E-state index contributed by atoms with van der Waals surface area (Å²) in [4.78, 5) is 26.4. The molecule has 7 heteroatoms. The van der Waals surface area contributed by atoms with E-state index in [1.165, 1.54) is 0 Å². The number of aromatic nitrogens is 3. The molecule has 0 aliphatic heterocycles. The molecule has 104 valence electrons.